The first-order chi connectivity index (χ1) is 5.90. The first kappa shape index (κ1) is 7.33. The molecule has 12 heavy (non-hydrogen) atoms. The quantitative estimate of drug-likeness (QED) is 0.613. The van der Waals surface area contributed by atoms with Gasteiger partial charge in [0.1, 0.15) is 0 Å². The van der Waals surface area contributed by atoms with Crippen LogP contribution in [0.4, 0.5) is 0 Å². The maximum absolute atomic E-state index is 8.76. The maximum atomic E-state index is 8.76. The molecule has 0 amide bonds. The molecule has 1 aliphatic heterocycles. The van der Waals surface area contributed by atoms with E-state index < -0.39 is 0 Å². The van der Waals surface area contributed by atoms with E-state index in [4.69, 9.17) is 10.00 Å². The summed E-state index contributed by atoms with van der Waals surface area (Å²) in [5.74, 6) is 0. The summed E-state index contributed by atoms with van der Waals surface area (Å²) in [4.78, 5) is 0. The van der Waals surface area contributed by atoms with Gasteiger partial charge in [0.05, 0.1) is 24.3 Å². The predicted octanol–water partition coefficient (Wildman–Crippen LogP) is 1.50. The van der Waals surface area contributed by atoms with Crippen LogP contribution in [0.5, 0.6) is 0 Å². The van der Waals surface area contributed by atoms with E-state index in [1.54, 1.807) is 0 Å². The molecule has 1 aliphatic rings. The Balaban J connectivity index is 2.22. The first-order valence-electron chi connectivity index (χ1n) is 4.00. The van der Waals surface area contributed by atoms with Crippen molar-refractivity contribution in [3.05, 3.63) is 35.4 Å². The zero-order chi connectivity index (χ0) is 8.39. The third-order valence-corrected chi connectivity index (χ3v) is 1.99. The van der Waals surface area contributed by atoms with Gasteiger partial charge in [-0.3, -0.25) is 0 Å². The van der Waals surface area contributed by atoms with Crippen LogP contribution >= 0.6 is 0 Å². The molecule has 0 N–H and O–H groups in total. The minimum atomic E-state index is 0.361. The van der Waals surface area contributed by atoms with Crippen molar-refractivity contribution in [2.24, 2.45) is 0 Å². The molecule has 1 fully saturated rings. The second kappa shape index (κ2) is 2.96. The Bertz CT molecular complexity index is 323. The second-order valence-electron chi connectivity index (χ2n) is 2.93. The Morgan fingerprint density at radius 2 is 2.25 bits per heavy atom. The van der Waals surface area contributed by atoms with Crippen molar-refractivity contribution in [2.75, 3.05) is 6.61 Å². The van der Waals surface area contributed by atoms with Crippen LogP contribution in [0.15, 0.2) is 24.3 Å². The molecule has 2 rings (SSSR count). The largest absolute Gasteiger partial charge is 0.373 e. The number of hydrogen-bond donors (Lipinski definition) is 0. The molecule has 1 aromatic rings. The van der Waals surface area contributed by atoms with Crippen molar-refractivity contribution in [3.8, 4) is 6.07 Å². The molecule has 1 heterocycles. The molecule has 1 aromatic carbocycles. The van der Waals surface area contributed by atoms with Gasteiger partial charge in [0.15, 0.2) is 0 Å². The fraction of sp³-hybridized carbons (Fsp3) is 0.300. The van der Waals surface area contributed by atoms with Crippen molar-refractivity contribution < 1.29 is 4.74 Å². The minimum Gasteiger partial charge on any atom is -0.373 e. The average molecular weight is 159 g/mol. The van der Waals surface area contributed by atoms with E-state index >= 15 is 0 Å². The van der Waals surface area contributed by atoms with E-state index in [1.165, 1.54) is 0 Å². The molecule has 0 aromatic heterocycles. The molecule has 1 atom stereocenters. The fourth-order valence-corrected chi connectivity index (χ4v) is 1.24. The van der Waals surface area contributed by atoms with Crippen molar-refractivity contribution in [2.45, 2.75) is 12.5 Å². The van der Waals surface area contributed by atoms with Gasteiger partial charge in [-0.25, -0.2) is 0 Å². The van der Waals surface area contributed by atoms with Crippen LogP contribution in [0, 0.1) is 11.3 Å². The van der Waals surface area contributed by atoms with Crippen LogP contribution in [0.3, 0.4) is 0 Å². The molecule has 0 radical (unpaired) electrons. The summed E-state index contributed by atoms with van der Waals surface area (Å²) >= 11 is 0. The van der Waals surface area contributed by atoms with E-state index in [0.29, 0.717) is 6.10 Å². The lowest BCUT2D eigenvalue weighted by Crippen LogP contribution is -1.95. The third kappa shape index (κ3) is 1.46. The Kier molecular flexibility index (Phi) is 1.81. The Morgan fingerprint density at radius 3 is 2.92 bits per heavy atom. The summed E-state index contributed by atoms with van der Waals surface area (Å²) in [7, 11) is 0. The lowest BCUT2D eigenvalue weighted by atomic mass is 10.0. The van der Waals surface area contributed by atoms with Gasteiger partial charge >= 0.3 is 0 Å². The average Bonchev–Trinajstić information content (AvgIpc) is 2.89. The molecule has 1 unspecified atom stereocenters. The second-order valence-corrected chi connectivity index (χ2v) is 2.93. The van der Waals surface area contributed by atoms with Crippen LogP contribution in [0.1, 0.15) is 11.1 Å². The molecule has 1 saturated heterocycles. The summed E-state index contributed by atoms with van der Waals surface area (Å²) in [6, 6.07) is 9.85. The van der Waals surface area contributed by atoms with Crippen LogP contribution in [0.25, 0.3) is 0 Å². The van der Waals surface area contributed by atoms with E-state index in [9.17, 15) is 0 Å². The lowest BCUT2D eigenvalue weighted by molar-refractivity contribution is 0.407. The number of ether oxygens (including phenoxy) is 1. The third-order valence-electron chi connectivity index (χ3n) is 1.99. The Labute approximate surface area is 71.4 Å². The van der Waals surface area contributed by atoms with Crippen LogP contribution in [-0.2, 0) is 11.2 Å². The fourth-order valence-electron chi connectivity index (χ4n) is 1.24. The normalized spacial score (nSPS) is 20.1. The van der Waals surface area contributed by atoms with Gasteiger partial charge in [-0.2, -0.15) is 5.26 Å². The number of nitriles is 1. The van der Waals surface area contributed by atoms with Crippen LogP contribution < -0.4 is 0 Å². The molecule has 0 spiro atoms. The summed E-state index contributed by atoms with van der Waals surface area (Å²) < 4.78 is 5.10. The zero-order valence-electron chi connectivity index (χ0n) is 6.66. The van der Waals surface area contributed by atoms with Crippen molar-refractivity contribution in [3.63, 3.8) is 0 Å². The Morgan fingerprint density at radius 1 is 1.50 bits per heavy atom. The lowest BCUT2D eigenvalue weighted by Gasteiger charge is -1.98. The topological polar surface area (TPSA) is 36.3 Å². The SMILES string of the molecule is N#Cc1ccccc1CC1CO1. The molecule has 2 heteroatoms. The standard InChI is InChI=1S/C10H9NO/c11-6-9-4-2-1-3-8(9)5-10-7-12-10/h1-4,10H,5,7H2. The first-order valence-corrected chi connectivity index (χ1v) is 4.00. The molecule has 2 nitrogen and oxygen atoms in total. The van der Waals surface area contributed by atoms with Crippen LogP contribution in [0.2, 0.25) is 0 Å². The smallest absolute Gasteiger partial charge is 0.0994 e. The predicted molar refractivity (Wildman–Crippen MR) is 44.6 cm³/mol. The van der Waals surface area contributed by atoms with Gasteiger partial charge in [0.25, 0.3) is 0 Å². The number of rotatable bonds is 2. The summed E-state index contributed by atoms with van der Waals surface area (Å²) in [5, 5.41) is 8.76. The maximum Gasteiger partial charge on any atom is 0.0994 e. The van der Waals surface area contributed by atoms with Crippen molar-refractivity contribution >= 4 is 0 Å². The number of nitrogens with zero attached hydrogens (tertiary/aromatic N) is 1. The van der Waals surface area contributed by atoms with Crippen molar-refractivity contribution in [1.82, 2.24) is 0 Å². The minimum absolute atomic E-state index is 0.361. The summed E-state index contributed by atoms with van der Waals surface area (Å²) in [6.45, 7) is 0.847. The summed E-state index contributed by atoms with van der Waals surface area (Å²) in [6.07, 6.45) is 1.24. The Hall–Kier alpha value is -1.33. The number of benzene rings is 1. The molecule has 0 bridgehead atoms. The van der Waals surface area contributed by atoms with Gasteiger partial charge in [0, 0.05) is 6.42 Å². The molecule has 60 valence electrons. The van der Waals surface area contributed by atoms with Gasteiger partial charge in [0.2, 0.25) is 0 Å². The van der Waals surface area contributed by atoms with E-state index in [0.717, 1.165) is 24.2 Å². The highest BCUT2D eigenvalue weighted by Crippen LogP contribution is 2.18. The molecular weight excluding hydrogens is 150 g/mol. The number of epoxide rings is 1. The van der Waals surface area contributed by atoms with E-state index in [2.05, 4.69) is 6.07 Å². The van der Waals surface area contributed by atoms with Gasteiger partial charge < -0.3 is 4.74 Å². The molecule has 0 aliphatic carbocycles. The molecule has 0 saturated carbocycles. The highest BCUT2D eigenvalue weighted by atomic mass is 16.6. The van der Waals surface area contributed by atoms with Gasteiger partial charge in [-0.05, 0) is 11.6 Å². The summed E-state index contributed by atoms with van der Waals surface area (Å²) in [5.41, 5.74) is 1.87. The van der Waals surface area contributed by atoms with Crippen molar-refractivity contribution in [1.29, 1.82) is 5.26 Å². The highest BCUT2D eigenvalue weighted by molar-refractivity contribution is 5.37. The van der Waals surface area contributed by atoms with Crippen LogP contribution in [-0.4, -0.2) is 12.7 Å². The van der Waals surface area contributed by atoms with Gasteiger partial charge in [-0.1, -0.05) is 18.2 Å². The van der Waals surface area contributed by atoms with E-state index in [-0.39, 0.29) is 0 Å². The zero-order valence-corrected chi connectivity index (χ0v) is 6.66. The monoisotopic (exact) mass is 159 g/mol. The van der Waals surface area contributed by atoms with E-state index in [1.807, 2.05) is 24.3 Å². The molecular formula is C10H9NO. The highest BCUT2D eigenvalue weighted by Gasteiger charge is 2.23. The van der Waals surface area contributed by atoms with Gasteiger partial charge in [-0.15, -0.1) is 0 Å². The number of hydrogen-bond acceptors (Lipinski definition) is 2.